The average Bonchev–Trinajstić information content (AvgIpc) is 2.70. The Morgan fingerprint density at radius 1 is 1.04 bits per heavy atom. The number of carbonyl (C=O) groups is 2. The fourth-order valence-corrected chi connectivity index (χ4v) is 2.49. The number of nitrogens with zero attached hydrogens (tertiary/aromatic N) is 2. The number of halogens is 1. The molecule has 140 valence electrons. The van der Waals surface area contributed by atoms with Crippen molar-refractivity contribution >= 4 is 29.6 Å². The maximum atomic E-state index is 12.5. The number of rotatable bonds is 6. The molecule has 7 nitrogen and oxygen atoms in total. The van der Waals surface area contributed by atoms with Gasteiger partial charge < -0.3 is 10.5 Å². The van der Waals surface area contributed by atoms with Crippen molar-refractivity contribution in [3.05, 3.63) is 88.6 Å². The van der Waals surface area contributed by atoms with Crippen LogP contribution in [0.1, 0.15) is 26.3 Å². The van der Waals surface area contributed by atoms with Crippen LogP contribution in [-0.2, 0) is 0 Å². The van der Waals surface area contributed by atoms with Crippen LogP contribution in [0, 0.1) is 0 Å². The number of hydrazone groups is 1. The lowest BCUT2D eigenvalue weighted by atomic mass is 10.2. The lowest BCUT2D eigenvalue weighted by Gasteiger charge is -2.11. The summed E-state index contributed by atoms with van der Waals surface area (Å²) >= 11 is 6.04. The number of benzene rings is 2. The lowest BCUT2D eigenvalue weighted by Crippen LogP contribution is -2.19. The van der Waals surface area contributed by atoms with E-state index in [1.54, 1.807) is 48.5 Å². The molecule has 3 N–H and O–H groups in total. The molecule has 2 amide bonds. The molecule has 0 aliphatic heterocycles. The molecule has 3 aromatic rings. The maximum absolute atomic E-state index is 12.5. The van der Waals surface area contributed by atoms with Crippen molar-refractivity contribution in [3.63, 3.8) is 0 Å². The van der Waals surface area contributed by atoms with Crippen molar-refractivity contribution in [1.82, 2.24) is 10.4 Å². The van der Waals surface area contributed by atoms with E-state index in [0.29, 0.717) is 10.6 Å². The Morgan fingerprint density at radius 2 is 1.75 bits per heavy atom. The Kier molecular flexibility index (Phi) is 5.98. The molecule has 2 aromatic carbocycles. The third kappa shape index (κ3) is 4.52. The van der Waals surface area contributed by atoms with E-state index in [0.717, 1.165) is 0 Å². The quantitative estimate of drug-likeness (QED) is 0.493. The van der Waals surface area contributed by atoms with Gasteiger partial charge in [0.15, 0.2) is 0 Å². The van der Waals surface area contributed by atoms with E-state index in [1.165, 1.54) is 24.5 Å². The monoisotopic (exact) mass is 394 g/mol. The zero-order valence-corrected chi connectivity index (χ0v) is 15.3. The largest absolute Gasteiger partial charge is 0.437 e. The second kappa shape index (κ2) is 8.79. The highest BCUT2D eigenvalue weighted by molar-refractivity contribution is 6.33. The first-order chi connectivity index (χ1) is 13.6. The van der Waals surface area contributed by atoms with Crippen LogP contribution in [0.3, 0.4) is 0 Å². The van der Waals surface area contributed by atoms with E-state index in [-0.39, 0.29) is 22.8 Å². The van der Waals surface area contributed by atoms with Gasteiger partial charge in [0.25, 0.3) is 11.8 Å². The van der Waals surface area contributed by atoms with E-state index < -0.39 is 11.8 Å². The molecule has 0 saturated heterocycles. The predicted molar refractivity (Wildman–Crippen MR) is 106 cm³/mol. The molecule has 0 unspecified atom stereocenters. The molecule has 0 bridgehead atoms. The third-order valence-corrected chi connectivity index (χ3v) is 3.99. The zero-order valence-electron chi connectivity index (χ0n) is 14.5. The molecular weight excluding hydrogens is 380 g/mol. The number of pyridine rings is 1. The van der Waals surface area contributed by atoms with Gasteiger partial charge in [-0.15, -0.1) is 0 Å². The number of hydrogen-bond donors (Lipinski definition) is 2. The molecule has 0 saturated carbocycles. The first-order valence-electron chi connectivity index (χ1n) is 8.16. The van der Waals surface area contributed by atoms with E-state index in [4.69, 9.17) is 22.1 Å². The number of para-hydroxylation sites is 1. The van der Waals surface area contributed by atoms with Crippen molar-refractivity contribution in [2.75, 3.05) is 0 Å². The summed E-state index contributed by atoms with van der Waals surface area (Å²) in [5.74, 6) is -0.978. The van der Waals surface area contributed by atoms with E-state index in [1.807, 2.05) is 0 Å². The summed E-state index contributed by atoms with van der Waals surface area (Å²) in [6, 6.07) is 16.6. The summed E-state index contributed by atoms with van der Waals surface area (Å²) in [5, 5.41) is 4.41. The Morgan fingerprint density at radius 3 is 2.54 bits per heavy atom. The zero-order chi connectivity index (χ0) is 19.9. The number of nitrogens with two attached hydrogens (primary N) is 1. The van der Waals surface area contributed by atoms with Gasteiger partial charge in [0.2, 0.25) is 5.88 Å². The van der Waals surface area contributed by atoms with Crippen LogP contribution in [0.4, 0.5) is 0 Å². The van der Waals surface area contributed by atoms with Crippen LogP contribution >= 0.6 is 11.6 Å². The van der Waals surface area contributed by atoms with Gasteiger partial charge in [0.05, 0.1) is 11.8 Å². The predicted octanol–water partition coefficient (Wildman–Crippen LogP) is 3.39. The molecule has 0 aliphatic carbocycles. The SMILES string of the molecule is NC(=O)c1ccccc1Oc1ncccc1C(=O)N/N=C/c1ccccc1Cl. The summed E-state index contributed by atoms with van der Waals surface area (Å²) in [6.45, 7) is 0. The van der Waals surface area contributed by atoms with Gasteiger partial charge >= 0.3 is 0 Å². The summed E-state index contributed by atoms with van der Waals surface area (Å²) in [5.41, 5.74) is 8.72. The van der Waals surface area contributed by atoms with Gasteiger partial charge in [-0.05, 0) is 30.3 Å². The fraction of sp³-hybridized carbons (Fsp3) is 0. The molecular formula is C20H15ClN4O3. The van der Waals surface area contributed by atoms with Crippen molar-refractivity contribution < 1.29 is 14.3 Å². The summed E-state index contributed by atoms with van der Waals surface area (Å²) in [6.07, 6.45) is 2.89. The molecule has 8 heteroatoms. The standard InChI is InChI=1S/C20H15ClN4O3/c21-16-9-3-1-6-13(16)12-24-25-19(27)15-8-5-11-23-20(15)28-17-10-4-2-7-14(17)18(22)26/h1-12H,(H2,22,26)(H,25,27)/b24-12+. The molecule has 0 spiro atoms. The second-order valence-electron chi connectivity index (χ2n) is 5.54. The van der Waals surface area contributed by atoms with Crippen molar-refractivity contribution in [2.45, 2.75) is 0 Å². The first-order valence-corrected chi connectivity index (χ1v) is 8.53. The topological polar surface area (TPSA) is 107 Å². The number of amides is 2. The van der Waals surface area contributed by atoms with Crippen molar-refractivity contribution in [1.29, 1.82) is 0 Å². The molecule has 1 heterocycles. The maximum Gasteiger partial charge on any atom is 0.276 e. The Balaban J connectivity index is 1.80. The normalized spacial score (nSPS) is 10.6. The summed E-state index contributed by atoms with van der Waals surface area (Å²) in [4.78, 5) is 28.1. The lowest BCUT2D eigenvalue weighted by molar-refractivity contribution is 0.0951. The molecule has 0 aliphatic rings. The van der Waals surface area contributed by atoms with Gasteiger partial charge in [0, 0.05) is 16.8 Å². The highest BCUT2D eigenvalue weighted by Crippen LogP contribution is 2.26. The van der Waals surface area contributed by atoms with Crippen LogP contribution in [-0.4, -0.2) is 23.0 Å². The smallest absolute Gasteiger partial charge is 0.276 e. The Labute approximate surface area is 165 Å². The number of primary amides is 1. The van der Waals surface area contributed by atoms with Gasteiger partial charge in [-0.25, -0.2) is 10.4 Å². The summed E-state index contributed by atoms with van der Waals surface area (Å²) < 4.78 is 5.66. The van der Waals surface area contributed by atoms with Gasteiger partial charge in [-0.3, -0.25) is 9.59 Å². The third-order valence-electron chi connectivity index (χ3n) is 3.65. The molecule has 0 fully saturated rings. The molecule has 0 atom stereocenters. The molecule has 28 heavy (non-hydrogen) atoms. The fourth-order valence-electron chi connectivity index (χ4n) is 2.31. The van der Waals surface area contributed by atoms with Crippen LogP contribution in [0.25, 0.3) is 0 Å². The second-order valence-corrected chi connectivity index (χ2v) is 5.95. The Hall–Kier alpha value is -3.71. The number of carbonyl (C=O) groups excluding carboxylic acids is 2. The molecule has 3 rings (SSSR count). The number of aromatic nitrogens is 1. The van der Waals surface area contributed by atoms with Gasteiger partial charge in [-0.2, -0.15) is 5.10 Å². The van der Waals surface area contributed by atoms with Crippen molar-refractivity contribution in [3.8, 4) is 11.6 Å². The highest BCUT2D eigenvalue weighted by Gasteiger charge is 2.16. The summed E-state index contributed by atoms with van der Waals surface area (Å²) in [7, 11) is 0. The molecule has 1 aromatic heterocycles. The number of ether oxygens (including phenoxy) is 1. The number of hydrogen-bond acceptors (Lipinski definition) is 5. The Bertz CT molecular complexity index is 1050. The van der Waals surface area contributed by atoms with Crippen LogP contribution < -0.4 is 15.9 Å². The minimum atomic E-state index is -0.651. The van der Waals surface area contributed by atoms with Crippen LogP contribution in [0.15, 0.2) is 72.0 Å². The average molecular weight is 395 g/mol. The minimum Gasteiger partial charge on any atom is -0.437 e. The van der Waals surface area contributed by atoms with Gasteiger partial charge in [-0.1, -0.05) is 41.9 Å². The van der Waals surface area contributed by atoms with E-state index in [9.17, 15) is 9.59 Å². The molecule has 0 radical (unpaired) electrons. The first kappa shape index (κ1) is 19.1. The highest BCUT2D eigenvalue weighted by atomic mass is 35.5. The van der Waals surface area contributed by atoms with E-state index >= 15 is 0 Å². The van der Waals surface area contributed by atoms with Crippen LogP contribution in [0.2, 0.25) is 5.02 Å². The number of nitrogens with one attached hydrogen (secondary N) is 1. The minimum absolute atomic E-state index is 0.0154. The van der Waals surface area contributed by atoms with Crippen molar-refractivity contribution in [2.24, 2.45) is 10.8 Å². The van der Waals surface area contributed by atoms with Crippen LogP contribution in [0.5, 0.6) is 11.6 Å². The van der Waals surface area contributed by atoms with Gasteiger partial charge in [0.1, 0.15) is 11.3 Å². The van der Waals surface area contributed by atoms with E-state index in [2.05, 4.69) is 15.5 Å².